The van der Waals surface area contributed by atoms with E-state index in [1.165, 1.54) is 6.92 Å². The summed E-state index contributed by atoms with van der Waals surface area (Å²) in [4.78, 5) is 48.3. The Labute approximate surface area is 181 Å². The van der Waals surface area contributed by atoms with Crippen LogP contribution in [-0.2, 0) is 19.2 Å². The van der Waals surface area contributed by atoms with Gasteiger partial charge in [0, 0.05) is 6.54 Å². The maximum atomic E-state index is 12.7. The lowest BCUT2D eigenvalue weighted by atomic mass is 9.96. The van der Waals surface area contributed by atoms with Crippen LogP contribution in [0.25, 0.3) is 0 Å². The van der Waals surface area contributed by atoms with Crippen molar-refractivity contribution in [1.82, 2.24) is 21.3 Å². The first-order valence-electron chi connectivity index (χ1n) is 10.6. The molecule has 0 fully saturated rings. The molecule has 0 aliphatic carbocycles. The van der Waals surface area contributed by atoms with E-state index in [0.29, 0.717) is 13.0 Å². The van der Waals surface area contributed by atoms with Gasteiger partial charge in [-0.1, -0.05) is 47.5 Å². The fourth-order valence-electron chi connectivity index (χ4n) is 2.65. The first-order chi connectivity index (χ1) is 14.3. The van der Waals surface area contributed by atoms with Crippen LogP contribution in [0.15, 0.2) is 0 Å². The maximum Gasteiger partial charge on any atom is 0.471 e. The highest BCUT2D eigenvalue weighted by Gasteiger charge is 2.42. The standard InChI is InChI=1S/C20H35F3N4O4/c1-6-8-9-24-15(28)11-25-17(29)14(10-12(3)4)26-18(30)16(13(5)7-2)27-19(31)20(21,22)23/h12-14,16H,6-11H2,1-5H3,(H,24,28)(H,25,29)(H,26,30)(H,27,31)/t13-,14-,16-/m0/s1. The van der Waals surface area contributed by atoms with Gasteiger partial charge in [0.2, 0.25) is 17.7 Å². The van der Waals surface area contributed by atoms with E-state index in [2.05, 4.69) is 16.0 Å². The van der Waals surface area contributed by atoms with Gasteiger partial charge in [-0.15, -0.1) is 0 Å². The van der Waals surface area contributed by atoms with Crippen LogP contribution in [0.3, 0.4) is 0 Å². The van der Waals surface area contributed by atoms with Gasteiger partial charge in [0.25, 0.3) is 0 Å². The van der Waals surface area contributed by atoms with E-state index in [4.69, 9.17) is 0 Å². The van der Waals surface area contributed by atoms with Gasteiger partial charge in [-0.3, -0.25) is 19.2 Å². The third kappa shape index (κ3) is 11.6. The van der Waals surface area contributed by atoms with E-state index in [9.17, 15) is 32.3 Å². The maximum absolute atomic E-state index is 12.7. The Bertz CT molecular complexity index is 612. The van der Waals surface area contributed by atoms with Crippen molar-refractivity contribution in [1.29, 1.82) is 0 Å². The molecule has 0 rings (SSSR count). The summed E-state index contributed by atoms with van der Waals surface area (Å²) in [6.45, 7) is 8.97. The van der Waals surface area contributed by atoms with Crippen LogP contribution in [0.5, 0.6) is 0 Å². The van der Waals surface area contributed by atoms with Gasteiger partial charge in [0.1, 0.15) is 12.1 Å². The highest BCUT2D eigenvalue weighted by atomic mass is 19.4. The van der Waals surface area contributed by atoms with Crippen LogP contribution in [0.2, 0.25) is 0 Å². The fraction of sp³-hybridized carbons (Fsp3) is 0.800. The van der Waals surface area contributed by atoms with Crippen molar-refractivity contribution in [3.8, 4) is 0 Å². The Balaban J connectivity index is 5.18. The zero-order valence-electron chi connectivity index (χ0n) is 18.8. The van der Waals surface area contributed by atoms with Crippen molar-refractivity contribution in [2.24, 2.45) is 11.8 Å². The van der Waals surface area contributed by atoms with Crippen LogP contribution in [0.4, 0.5) is 13.2 Å². The summed E-state index contributed by atoms with van der Waals surface area (Å²) in [7, 11) is 0. The van der Waals surface area contributed by atoms with Crippen molar-refractivity contribution in [2.45, 2.75) is 78.6 Å². The van der Waals surface area contributed by atoms with E-state index < -0.39 is 41.9 Å². The second-order valence-corrected chi connectivity index (χ2v) is 7.95. The van der Waals surface area contributed by atoms with Gasteiger partial charge < -0.3 is 21.3 Å². The highest BCUT2D eigenvalue weighted by Crippen LogP contribution is 2.17. The molecule has 0 radical (unpaired) electrons. The van der Waals surface area contributed by atoms with Crippen molar-refractivity contribution < 1.29 is 32.3 Å². The smallest absolute Gasteiger partial charge is 0.355 e. The molecule has 0 spiro atoms. The molecule has 0 aliphatic heterocycles. The number of carbonyl (C=O) groups excluding carboxylic acids is 4. The van der Waals surface area contributed by atoms with E-state index in [1.807, 2.05) is 20.8 Å². The van der Waals surface area contributed by atoms with Gasteiger partial charge in [-0.2, -0.15) is 13.2 Å². The molecule has 3 atom stereocenters. The predicted octanol–water partition coefficient (Wildman–Crippen LogP) is 1.64. The summed E-state index contributed by atoms with van der Waals surface area (Å²) in [5.41, 5.74) is 0. The number of hydrogen-bond acceptors (Lipinski definition) is 4. The lowest BCUT2D eigenvalue weighted by Gasteiger charge is -2.27. The number of halogens is 3. The number of amides is 4. The van der Waals surface area contributed by atoms with Crippen molar-refractivity contribution >= 4 is 23.6 Å². The molecule has 0 aromatic carbocycles. The average Bonchev–Trinajstić information content (AvgIpc) is 2.67. The monoisotopic (exact) mass is 452 g/mol. The summed E-state index contributed by atoms with van der Waals surface area (Å²) in [6, 6.07) is -2.52. The lowest BCUT2D eigenvalue weighted by Crippen LogP contribution is -2.57. The molecule has 0 saturated heterocycles. The van der Waals surface area contributed by atoms with Crippen LogP contribution in [-0.4, -0.2) is 55.0 Å². The Morgan fingerprint density at radius 3 is 2.00 bits per heavy atom. The van der Waals surface area contributed by atoms with Crippen LogP contribution in [0, 0.1) is 11.8 Å². The zero-order chi connectivity index (χ0) is 24.2. The topological polar surface area (TPSA) is 116 Å². The molecule has 0 saturated carbocycles. The van der Waals surface area contributed by atoms with Gasteiger partial charge in [-0.25, -0.2) is 0 Å². The number of carbonyl (C=O) groups is 4. The Morgan fingerprint density at radius 1 is 0.903 bits per heavy atom. The molecule has 0 aromatic rings. The van der Waals surface area contributed by atoms with E-state index in [0.717, 1.165) is 12.8 Å². The fourth-order valence-corrected chi connectivity index (χ4v) is 2.65. The number of rotatable bonds is 13. The SMILES string of the molecule is CCCCNC(=O)CNC(=O)[C@H](CC(C)C)NC(=O)[C@@H](NC(=O)C(F)(F)F)[C@@H](C)CC. The Morgan fingerprint density at radius 2 is 1.52 bits per heavy atom. The van der Waals surface area contributed by atoms with E-state index >= 15 is 0 Å². The quantitative estimate of drug-likeness (QED) is 0.318. The zero-order valence-corrected chi connectivity index (χ0v) is 18.8. The van der Waals surface area contributed by atoms with Crippen LogP contribution < -0.4 is 21.3 Å². The molecule has 0 bridgehead atoms. The third-order valence-electron chi connectivity index (χ3n) is 4.66. The van der Waals surface area contributed by atoms with Crippen LogP contribution in [0.1, 0.15) is 60.3 Å². The minimum atomic E-state index is -5.13. The molecule has 11 heteroatoms. The molecule has 31 heavy (non-hydrogen) atoms. The lowest BCUT2D eigenvalue weighted by molar-refractivity contribution is -0.175. The number of hydrogen-bond donors (Lipinski definition) is 4. The summed E-state index contributed by atoms with van der Waals surface area (Å²) >= 11 is 0. The molecular weight excluding hydrogens is 417 g/mol. The minimum Gasteiger partial charge on any atom is -0.355 e. The summed E-state index contributed by atoms with van der Waals surface area (Å²) < 4.78 is 37.9. The minimum absolute atomic E-state index is 0.0266. The molecule has 180 valence electrons. The van der Waals surface area contributed by atoms with E-state index in [-0.39, 0.29) is 24.8 Å². The second-order valence-electron chi connectivity index (χ2n) is 7.95. The predicted molar refractivity (Wildman–Crippen MR) is 110 cm³/mol. The average molecular weight is 453 g/mol. The summed E-state index contributed by atoms with van der Waals surface area (Å²) in [5, 5.41) is 9.22. The summed E-state index contributed by atoms with van der Waals surface area (Å²) in [6.07, 6.45) is -2.90. The molecule has 4 N–H and O–H groups in total. The van der Waals surface area contributed by atoms with Gasteiger partial charge >= 0.3 is 12.1 Å². The largest absolute Gasteiger partial charge is 0.471 e. The van der Waals surface area contributed by atoms with Crippen molar-refractivity contribution in [2.75, 3.05) is 13.1 Å². The van der Waals surface area contributed by atoms with E-state index in [1.54, 1.807) is 12.2 Å². The highest BCUT2D eigenvalue weighted by molar-refractivity contribution is 5.94. The molecule has 4 amide bonds. The number of alkyl halides is 3. The molecule has 0 aliphatic rings. The van der Waals surface area contributed by atoms with Gasteiger partial charge in [0.15, 0.2) is 0 Å². The number of unbranched alkanes of at least 4 members (excludes halogenated alkanes) is 1. The second kappa shape index (κ2) is 13.9. The van der Waals surface area contributed by atoms with Crippen LogP contribution >= 0.6 is 0 Å². The first-order valence-corrected chi connectivity index (χ1v) is 10.6. The molecule has 8 nitrogen and oxygen atoms in total. The number of nitrogens with one attached hydrogen (secondary N) is 4. The Kier molecular flexibility index (Phi) is 12.8. The molecule has 0 aromatic heterocycles. The Hall–Kier alpha value is -2.33. The molecule has 0 heterocycles. The molecular formula is C20H35F3N4O4. The third-order valence-corrected chi connectivity index (χ3v) is 4.66. The normalized spacial score (nSPS) is 14.4. The van der Waals surface area contributed by atoms with Crippen molar-refractivity contribution in [3.05, 3.63) is 0 Å². The molecule has 0 unspecified atom stereocenters. The van der Waals surface area contributed by atoms with Gasteiger partial charge in [0.05, 0.1) is 6.54 Å². The summed E-state index contributed by atoms with van der Waals surface area (Å²) in [5.74, 6) is -4.74. The first kappa shape index (κ1) is 28.7. The van der Waals surface area contributed by atoms with Crippen molar-refractivity contribution in [3.63, 3.8) is 0 Å². The van der Waals surface area contributed by atoms with Gasteiger partial charge in [-0.05, 0) is 24.7 Å².